The van der Waals surface area contributed by atoms with Gasteiger partial charge in [-0.05, 0) is 12.1 Å². The van der Waals surface area contributed by atoms with Crippen LogP contribution in [0.4, 0.5) is 16.2 Å². The Labute approximate surface area is 117 Å². The zero-order valence-corrected chi connectivity index (χ0v) is 11.2. The van der Waals surface area contributed by atoms with Crippen molar-refractivity contribution in [2.75, 3.05) is 11.9 Å². The first kappa shape index (κ1) is 12.3. The second-order valence-corrected chi connectivity index (χ2v) is 4.64. The van der Waals surface area contributed by atoms with E-state index in [9.17, 15) is 4.79 Å². The van der Waals surface area contributed by atoms with Crippen LogP contribution in [0, 0.1) is 0 Å². The maximum absolute atomic E-state index is 12.5. The van der Waals surface area contributed by atoms with Crippen LogP contribution in [0.1, 0.15) is 5.56 Å². The molecule has 20 heavy (non-hydrogen) atoms. The van der Waals surface area contributed by atoms with Crippen molar-refractivity contribution < 1.29 is 9.48 Å². The number of hydrazine groups is 1. The van der Waals surface area contributed by atoms with E-state index >= 15 is 0 Å². The molecule has 5 nitrogen and oxygen atoms in total. The van der Waals surface area contributed by atoms with E-state index in [2.05, 4.69) is 11.7 Å². The summed E-state index contributed by atoms with van der Waals surface area (Å²) in [5, 5.41) is 1.60. The van der Waals surface area contributed by atoms with Crippen LogP contribution in [-0.2, 0) is 6.54 Å². The number of benzene rings is 1. The number of rotatable bonds is 2. The lowest BCUT2D eigenvalue weighted by atomic mass is 10.1. The smallest absolute Gasteiger partial charge is 0.293 e. The van der Waals surface area contributed by atoms with E-state index in [1.165, 1.54) is 0 Å². The Kier molecular flexibility index (Phi) is 2.95. The Morgan fingerprint density at radius 1 is 1.25 bits per heavy atom. The summed E-state index contributed by atoms with van der Waals surface area (Å²) in [6, 6.07) is 11.4. The molecule has 0 radical (unpaired) electrons. The summed E-state index contributed by atoms with van der Waals surface area (Å²) in [5.41, 5.74) is 2.80. The molecule has 0 saturated heterocycles. The van der Waals surface area contributed by atoms with Gasteiger partial charge < -0.3 is 0 Å². The third kappa shape index (κ3) is 1.93. The molecule has 0 unspecified atom stereocenters. The number of anilines is 1. The fourth-order valence-electron chi connectivity index (χ4n) is 2.31. The van der Waals surface area contributed by atoms with Crippen molar-refractivity contribution in [3.05, 3.63) is 54.4 Å². The second kappa shape index (κ2) is 4.77. The van der Waals surface area contributed by atoms with Crippen LogP contribution in [0.3, 0.4) is 0 Å². The number of hydrogen-bond acceptors (Lipinski definition) is 2. The van der Waals surface area contributed by atoms with Gasteiger partial charge in [-0.3, -0.25) is 9.88 Å². The summed E-state index contributed by atoms with van der Waals surface area (Å²) in [6.07, 6.45) is 3.37. The maximum atomic E-state index is 12.5. The Hall–Kier alpha value is -2.69. The average Bonchev–Trinajstić information content (AvgIpc) is 2.51. The van der Waals surface area contributed by atoms with Crippen LogP contribution in [-0.4, -0.2) is 34.5 Å². The van der Waals surface area contributed by atoms with Crippen LogP contribution in [0.2, 0.25) is 0 Å². The number of carbonyl (C=O) groups is 1. The number of hydrogen-bond donors (Lipinski definition) is 0. The monoisotopic (exact) mass is 267 g/mol. The highest BCUT2D eigenvalue weighted by Gasteiger charge is 2.34. The van der Waals surface area contributed by atoms with Crippen molar-refractivity contribution in [3.8, 4) is 0 Å². The largest absolute Gasteiger partial charge is 0.377 e. The van der Waals surface area contributed by atoms with Gasteiger partial charge in [-0.1, -0.05) is 27.9 Å². The first-order valence-corrected chi connectivity index (χ1v) is 6.32. The molecule has 2 heterocycles. The Morgan fingerprint density at radius 2 is 2.05 bits per heavy atom. The minimum Gasteiger partial charge on any atom is -0.293 e. The zero-order valence-electron chi connectivity index (χ0n) is 11.2. The molecule has 100 valence electrons. The maximum Gasteiger partial charge on any atom is 0.377 e. The van der Waals surface area contributed by atoms with E-state index in [0.29, 0.717) is 6.54 Å². The summed E-state index contributed by atoms with van der Waals surface area (Å²) in [5.74, 6) is 0. The van der Waals surface area contributed by atoms with Gasteiger partial charge in [0, 0.05) is 24.9 Å². The van der Waals surface area contributed by atoms with Crippen LogP contribution >= 0.6 is 0 Å². The predicted molar refractivity (Wildman–Crippen MR) is 77.1 cm³/mol. The molecule has 0 saturated carbocycles. The van der Waals surface area contributed by atoms with Gasteiger partial charge >= 0.3 is 6.03 Å². The quantitative estimate of drug-likeness (QED) is 0.619. The van der Waals surface area contributed by atoms with Gasteiger partial charge in [0.2, 0.25) is 0 Å². The molecule has 0 fully saturated rings. The molecule has 1 aliphatic rings. The minimum atomic E-state index is -0.109. The molecule has 2 aromatic rings. The van der Waals surface area contributed by atoms with Crippen molar-refractivity contribution in [2.45, 2.75) is 6.54 Å². The van der Waals surface area contributed by atoms with Crippen LogP contribution in [0.25, 0.3) is 0 Å². The summed E-state index contributed by atoms with van der Waals surface area (Å²) in [6.45, 7) is 4.46. The van der Waals surface area contributed by atoms with E-state index in [0.717, 1.165) is 16.9 Å². The molecule has 0 bridgehead atoms. The Bertz CT molecular complexity index is 669. The van der Waals surface area contributed by atoms with Crippen molar-refractivity contribution in [2.24, 2.45) is 0 Å². The standard InChI is InChI=1S/C15H15N4O/c1-17-14-8-4-3-6-12(14)11-19(15(17)20)18(2)13-7-5-9-16-10-13/h3-10H,2,11H2,1H3/q+1. The van der Waals surface area contributed by atoms with E-state index in [1.54, 1.807) is 34.0 Å². The minimum absolute atomic E-state index is 0.109. The van der Waals surface area contributed by atoms with Crippen molar-refractivity contribution in [1.29, 1.82) is 0 Å². The highest BCUT2D eigenvalue weighted by Crippen LogP contribution is 2.28. The lowest BCUT2D eigenvalue weighted by Crippen LogP contribution is -2.48. The molecule has 5 heteroatoms. The molecule has 0 spiro atoms. The molecule has 1 aromatic heterocycles. The van der Waals surface area contributed by atoms with Gasteiger partial charge in [0.1, 0.15) is 12.7 Å². The van der Waals surface area contributed by atoms with Crippen LogP contribution in [0.5, 0.6) is 0 Å². The van der Waals surface area contributed by atoms with E-state index in [-0.39, 0.29) is 6.03 Å². The number of hydrazone groups is 1. The van der Waals surface area contributed by atoms with E-state index in [4.69, 9.17) is 0 Å². The lowest BCUT2D eigenvalue weighted by Gasteiger charge is -2.30. The fraction of sp³-hybridized carbons (Fsp3) is 0.133. The lowest BCUT2D eigenvalue weighted by molar-refractivity contribution is -0.596. The molecule has 3 rings (SSSR count). The fourth-order valence-corrected chi connectivity index (χ4v) is 2.31. The van der Waals surface area contributed by atoms with E-state index in [1.807, 2.05) is 36.4 Å². The average molecular weight is 267 g/mol. The van der Waals surface area contributed by atoms with Gasteiger partial charge in [0.05, 0.1) is 5.69 Å². The third-order valence-electron chi connectivity index (χ3n) is 3.42. The molecule has 0 aliphatic carbocycles. The molecule has 0 atom stereocenters. The number of carbonyl (C=O) groups excluding carboxylic acids is 1. The van der Waals surface area contributed by atoms with Crippen molar-refractivity contribution >= 4 is 24.1 Å². The number of para-hydroxylation sites is 1. The summed E-state index contributed by atoms with van der Waals surface area (Å²) >= 11 is 0. The Morgan fingerprint density at radius 3 is 2.80 bits per heavy atom. The zero-order chi connectivity index (χ0) is 14.1. The van der Waals surface area contributed by atoms with E-state index < -0.39 is 0 Å². The molecule has 1 aromatic carbocycles. The first-order chi connectivity index (χ1) is 9.68. The predicted octanol–water partition coefficient (Wildman–Crippen LogP) is 2.41. The van der Waals surface area contributed by atoms with Gasteiger partial charge in [0.15, 0.2) is 6.72 Å². The number of fused-ring (bicyclic) bond motifs is 1. The topological polar surface area (TPSA) is 39.5 Å². The third-order valence-corrected chi connectivity index (χ3v) is 3.42. The molecule has 1 aliphatic heterocycles. The van der Waals surface area contributed by atoms with Gasteiger partial charge in [0.25, 0.3) is 5.69 Å². The van der Waals surface area contributed by atoms with Gasteiger partial charge in [-0.2, -0.15) is 0 Å². The normalized spacial score (nSPS) is 14.2. The number of amides is 2. The molecule has 0 N–H and O–H groups in total. The highest BCUT2D eigenvalue weighted by atomic mass is 16.2. The SMILES string of the molecule is C=[N+](c1cccnc1)N1Cc2ccccc2N(C)C1=O. The summed E-state index contributed by atoms with van der Waals surface area (Å²) in [7, 11) is 1.77. The number of urea groups is 1. The van der Waals surface area contributed by atoms with Gasteiger partial charge in [-0.15, -0.1) is 0 Å². The Balaban J connectivity index is 1.97. The summed E-state index contributed by atoms with van der Waals surface area (Å²) in [4.78, 5) is 18.1. The van der Waals surface area contributed by atoms with Crippen molar-refractivity contribution in [3.63, 3.8) is 0 Å². The first-order valence-electron chi connectivity index (χ1n) is 6.32. The molecular weight excluding hydrogens is 252 g/mol. The second-order valence-electron chi connectivity index (χ2n) is 4.64. The number of pyridine rings is 1. The molecular formula is C15H15N4O+. The number of aromatic nitrogens is 1. The van der Waals surface area contributed by atoms with Crippen molar-refractivity contribution in [1.82, 2.24) is 9.99 Å². The number of nitrogens with zero attached hydrogens (tertiary/aromatic N) is 4. The summed E-state index contributed by atoms with van der Waals surface area (Å²) < 4.78 is 1.59. The van der Waals surface area contributed by atoms with Gasteiger partial charge in [-0.25, -0.2) is 4.79 Å². The highest BCUT2D eigenvalue weighted by molar-refractivity contribution is 5.93. The molecule has 2 amide bonds. The van der Waals surface area contributed by atoms with Crippen LogP contribution in [0.15, 0.2) is 48.8 Å². The van der Waals surface area contributed by atoms with Crippen LogP contribution < -0.4 is 4.90 Å².